The van der Waals surface area contributed by atoms with Gasteiger partial charge in [-0.25, -0.2) is 0 Å². The zero-order valence-corrected chi connectivity index (χ0v) is 13.2. The molecule has 2 rings (SSSR count). The highest BCUT2D eigenvalue weighted by molar-refractivity contribution is 7.98. The zero-order chi connectivity index (χ0) is 15.2. The molecule has 2 aromatic rings. The van der Waals surface area contributed by atoms with E-state index in [-0.39, 0.29) is 5.91 Å². The second-order valence-corrected chi connectivity index (χ2v) is 5.67. The Kier molecular flexibility index (Phi) is 5.28. The van der Waals surface area contributed by atoms with Gasteiger partial charge in [-0.2, -0.15) is 0 Å². The molecule has 0 saturated carbocycles. The van der Waals surface area contributed by atoms with Crippen molar-refractivity contribution >= 4 is 23.4 Å². The lowest BCUT2D eigenvalue weighted by Crippen LogP contribution is -2.30. The van der Waals surface area contributed by atoms with Crippen molar-refractivity contribution in [2.45, 2.75) is 24.8 Å². The fourth-order valence-electron chi connectivity index (χ4n) is 1.88. The molecule has 3 nitrogen and oxygen atoms in total. The van der Waals surface area contributed by atoms with Crippen molar-refractivity contribution in [3.8, 4) is 5.75 Å². The van der Waals surface area contributed by atoms with Gasteiger partial charge in [-0.15, -0.1) is 11.8 Å². The molecule has 0 fully saturated rings. The van der Waals surface area contributed by atoms with Crippen molar-refractivity contribution in [2.75, 3.05) is 11.6 Å². The number of hydrogen-bond donors (Lipinski definition) is 1. The second-order valence-electron chi connectivity index (χ2n) is 4.79. The monoisotopic (exact) mass is 301 g/mol. The summed E-state index contributed by atoms with van der Waals surface area (Å²) in [6.07, 6.45) is 1.47. The molecule has 0 bridgehead atoms. The van der Waals surface area contributed by atoms with Crippen LogP contribution in [0.15, 0.2) is 53.4 Å². The van der Waals surface area contributed by atoms with Crippen LogP contribution in [0.25, 0.3) is 0 Å². The lowest BCUT2D eigenvalue weighted by atomic mass is 10.2. The molecule has 0 aliphatic rings. The highest BCUT2D eigenvalue weighted by Gasteiger charge is 2.14. The molecule has 0 radical (unpaired) electrons. The lowest BCUT2D eigenvalue weighted by Gasteiger charge is -2.15. The number of aryl methyl sites for hydroxylation is 1. The summed E-state index contributed by atoms with van der Waals surface area (Å²) < 4.78 is 5.66. The summed E-state index contributed by atoms with van der Waals surface area (Å²) in [5.41, 5.74) is 1.89. The maximum atomic E-state index is 12.1. The van der Waals surface area contributed by atoms with E-state index in [2.05, 4.69) is 5.32 Å². The van der Waals surface area contributed by atoms with Crippen LogP contribution in [0.2, 0.25) is 0 Å². The van der Waals surface area contributed by atoms with Crippen LogP contribution in [0.4, 0.5) is 5.69 Å². The van der Waals surface area contributed by atoms with Crippen molar-refractivity contribution in [3.05, 3.63) is 54.1 Å². The first-order chi connectivity index (χ1) is 10.1. The molecule has 2 aromatic carbocycles. The van der Waals surface area contributed by atoms with Crippen molar-refractivity contribution in [2.24, 2.45) is 0 Å². The largest absolute Gasteiger partial charge is 0.481 e. The van der Waals surface area contributed by atoms with Crippen LogP contribution in [-0.4, -0.2) is 18.3 Å². The molecule has 0 spiro atoms. The zero-order valence-electron chi connectivity index (χ0n) is 12.4. The third kappa shape index (κ3) is 4.53. The average Bonchev–Trinajstić information content (AvgIpc) is 2.48. The van der Waals surface area contributed by atoms with Crippen molar-refractivity contribution in [1.29, 1.82) is 0 Å². The first kappa shape index (κ1) is 15.4. The minimum Gasteiger partial charge on any atom is -0.481 e. The minimum absolute atomic E-state index is 0.158. The van der Waals surface area contributed by atoms with Crippen LogP contribution < -0.4 is 10.1 Å². The summed E-state index contributed by atoms with van der Waals surface area (Å²) in [4.78, 5) is 13.3. The number of amides is 1. The molecule has 1 atom stereocenters. The Bertz CT molecular complexity index is 610. The molecule has 110 valence electrons. The van der Waals surface area contributed by atoms with Gasteiger partial charge in [0.2, 0.25) is 0 Å². The van der Waals surface area contributed by atoms with E-state index in [0.717, 1.165) is 11.3 Å². The Hall–Kier alpha value is -1.94. The van der Waals surface area contributed by atoms with Crippen LogP contribution in [0.5, 0.6) is 5.75 Å². The van der Waals surface area contributed by atoms with Crippen molar-refractivity contribution in [3.63, 3.8) is 0 Å². The number of carbonyl (C=O) groups is 1. The summed E-state index contributed by atoms with van der Waals surface area (Å²) >= 11 is 1.67. The molecule has 0 heterocycles. The lowest BCUT2D eigenvalue weighted by molar-refractivity contribution is -0.122. The van der Waals surface area contributed by atoms with Gasteiger partial charge < -0.3 is 10.1 Å². The number of ether oxygens (including phenoxy) is 1. The van der Waals surface area contributed by atoms with Gasteiger partial charge in [0.05, 0.1) is 0 Å². The van der Waals surface area contributed by atoms with E-state index in [4.69, 9.17) is 4.74 Å². The molecule has 0 aliphatic heterocycles. The third-order valence-corrected chi connectivity index (χ3v) is 3.77. The van der Waals surface area contributed by atoms with Crippen LogP contribution >= 0.6 is 11.8 Å². The Morgan fingerprint density at radius 3 is 2.52 bits per heavy atom. The average molecular weight is 301 g/mol. The number of nitrogens with one attached hydrogen (secondary N) is 1. The molecule has 4 heteroatoms. The van der Waals surface area contributed by atoms with E-state index in [1.54, 1.807) is 18.7 Å². The van der Waals surface area contributed by atoms with Gasteiger partial charge in [0, 0.05) is 10.6 Å². The van der Waals surface area contributed by atoms with E-state index in [0.29, 0.717) is 5.75 Å². The molecule has 0 unspecified atom stereocenters. The number of carbonyl (C=O) groups excluding carboxylic acids is 1. The quantitative estimate of drug-likeness (QED) is 0.844. The molecular weight excluding hydrogens is 282 g/mol. The third-order valence-electron chi connectivity index (χ3n) is 3.03. The summed E-state index contributed by atoms with van der Waals surface area (Å²) in [5, 5.41) is 2.86. The molecule has 1 amide bonds. The Labute approximate surface area is 129 Å². The topological polar surface area (TPSA) is 38.3 Å². The number of anilines is 1. The number of rotatable bonds is 5. The van der Waals surface area contributed by atoms with E-state index < -0.39 is 6.10 Å². The molecule has 21 heavy (non-hydrogen) atoms. The summed E-state index contributed by atoms with van der Waals surface area (Å²) in [6.45, 7) is 3.73. The maximum absolute atomic E-state index is 12.1. The Morgan fingerprint density at radius 1 is 1.19 bits per heavy atom. The fourth-order valence-corrected chi connectivity index (χ4v) is 2.29. The number of thioether (sulfide) groups is 1. The van der Waals surface area contributed by atoms with Gasteiger partial charge in [0.25, 0.3) is 5.91 Å². The molecule has 0 saturated heterocycles. The molecule has 0 aromatic heterocycles. The van der Waals surface area contributed by atoms with Gasteiger partial charge in [-0.3, -0.25) is 4.79 Å². The molecule has 1 N–H and O–H groups in total. The predicted octanol–water partition coefficient (Wildman–Crippen LogP) is 4.12. The van der Waals surface area contributed by atoms with Gasteiger partial charge >= 0.3 is 0 Å². The van der Waals surface area contributed by atoms with Crippen LogP contribution in [0.3, 0.4) is 0 Å². The fraction of sp³-hybridized carbons (Fsp3) is 0.235. The van der Waals surface area contributed by atoms with Crippen LogP contribution in [0.1, 0.15) is 12.5 Å². The Morgan fingerprint density at radius 2 is 1.90 bits per heavy atom. The van der Waals surface area contributed by atoms with Gasteiger partial charge in [-0.1, -0.05) is 12.1 Å². The summed E-state index contributed by atoms with van der Waals surface area (Å²) in [5.74, 6) is 0.536. The van der Waals surface area contributed by atoms with E-state index >= 15 is 0 Å². The first-order valence-corrected chi connectivity index (χ1v) is 7.99. The summed E-state index contributed by atoms with van der Waals surface area (Å²) in [7, 11) is 0. The maximum Gasteiger partial charge on any atom is 0.265 e. The molecular formula is C17H19NO2S. The van der Waals surface area contributed by atoms with Gasteiger partial charge in [0.15, 0.2) is 6.10 Å². The van der Waals surface area contributed by atoms with Gasteiger partial charge in [-0.05, 0) is 62.1 Å². The number of hydrogen-bond acceptors (Lipinski definition) is 3. The number of benzene rings is 2. The predicted molar refractivity (Wildman–Crippen MR) is 88.1 cm³/mol. The van der Waals surface area contributed by atoms with Crippen molar-refractivity contribution in [1.82, 2.24) is 0 Å². The standard InChI is InChI=1S/C17H19NO2S/c1-12-5-4-6-14(11-12)18-17(19)13(2)20-15-7-9-16(21-3)10-8-15/h4-11,13H,1-3H3,(H,18,19)/t13-/m1/s1. The highest BCUT2D eigenvalue weighted by atomic mass is 32.2. The highest BCUT2D eigenvalue weighted by Crippen LogP contribution is 2.20. The smallest absolute Gasteiger partial charge is 0.265 e. The normalized spacial score (nSPS) is 11.8. The van der Waals surface area contributed by atoms with Crippen LogP contribution in [-0.2, 0) is 4.79 Å². The van der Waals surface area contributed by atoms with E-state index in [1.165, 1.54) is 4.90 Å². The SMILES string of the molecule is CSc1ccc(O[C@H](C)C(=O)Nc2cccc(C)c2)cc1. The van der Waals surface area contributed by atoms with Gasteiger partial charge in [0.1, 0.15) is 5.75 Å². The summed E-state index contributed by atoms with van der Waals surface area (Å²) in [6, 6.07) is 15.4. The second kappa shape index (κ2) is 7.18. The van der Waals surface area contributed by atoms with Crippen LogP contribution in [0, 0.1) is 6.92 Å². The van der Waals surface area contributed by atoms with Crippen molar-refractivity contribution < 1.29 is 9.53 Å². The van der Waals surface area contributed by atoms with E-state index in [1.807, 2.05) is 61.7 Å². The Balaban J connectivity index is 1.95. The first-order valence-electron chi connectivity index (χ1n) is 6.77. The van der Waals surface area contributed by atoms with E-state index in [9.17, 15) is 4.79 Å². The minimum atomic E-state index is -0.550. The molecule has 0 aliphatic carbocycles.